The van der Waals surface area contributed by atoms with Gasteiger partial charge in [0.05, 0.1) is 13.3 Å². The van der Waals surface area contributed by atoms with Crippen LogP contribution in [0.15, 0.2) is 129 Å². The summed E-state index contributed by atoms with van der Waals surface area (Å²) in [4.78, 5) is 12.3. The Labute approximate surface area is 240 Å². The molecular formula is C32H25N5O3S. The Morgan fingerprint density at radius 1 is 0.927 bits per heavy atom. The van der Waals surface area contributed by atoms with Crippen molar-refractivity contribution in [2.24, 2.45) is 5.10 Å². The first kappa shape index (κ1) is 26.1. The highest BCUT2D eigenvalue weighted by Crippen LogP contribution is 2.31. The van der Waals surface area contributed by atoms with E-state index in [0.717, 1.165) is 11.5 Å². The van der Waals surface area contributed by atoms with Gasteiger partial charge in [0.2, 0.25) is 5.16 Å². The minimum absolute atomic E-state index is 0.334. The SMILES string of the molecule is COc1ccc(C(=O)N/N=C\c2ccc(Sc3nnc(Cc4cccc5ccccc45)n3-c3ccccc3)o2)cc1. The zero-order valence-corrected chi connectivity index (χ0v) is 22.9. The molecule has 0 fully saturated rings. The van der Waals surface area contributed by atoms with Gasteiger partial charge in [-0.1, -0.05) is 60.7 Å². The quantitative estimate of drug-likeness (QED) is 0.160. The molecule has 0 atom stereocenters. The fourth-order valence-corrected chi connectivity index (χ4v) is 5.28. The van der Waals surface area contributed by atoms with Gasteiger partial charge >= 0.3 is 0 Å². The topological polar surface area (TPSA) is 94.5 Å². The van der Waals surface area contributed by atoms with E-state index in [1.807, 2.05) is 42.5 Å². The van der Waals surface area contributed by atoms with Gasteiger partial charge in [-0.15, -0.1) is 10.2 Å². The van der Waals surface area contributed by atoms with E-state index < -0.39 is 0 Å². The number of hydrogen-bond donors (Lipinski definition) is 1. The maximum absolute atomic E-state index is 12.3. The number of hydrazone groups is 1. The van der Waals surface area contributed by atoms with E-state index in [2.05, 4.69) is 61.7 Å². The Morgan fingerprint density at radius 2 is 1.71 bits per heavy atom. The lowest BCUT2D eigenvalue weighted by Crippen LogP contribution is -2.17. The predicted molar refractivity (Wildman–Crippen MR) is 159 cm³/mol. The molecule has 0 aliphatic carbocycles. The average Bonchev–Trinajstić information content (AvgIpc) is 3.64. The molecule has 4 aromatic carbocycles. The summed E-state index contributed by atoms with van der Waals surface area (Å²) in [6, 6.07) is 35.1. The van der Waals surface area contributed by atoms with Gasteiger partial charge in [0, 0.05) is 17.7 Å². The van der Waals surface area contributed by atoms with Gasteiger partial charge in [-0.3, -0.25) is 9.36 Å². The second-order valence-corrected chi connectivity index (χ2v) is 10.0. The minimum Gasteiger partial charge on any atom is -0.497 e. The fourth-order valence-electron chi connectivity index (χ4n) is 4.44. The monoisotopic (exact) mass is 559 g/mol. The second kappa shape index (κ2) is 11.9. The number of ether oxygens (including phenoxy) is 1. The second-order valence-electron chi connectivity index (χ2n) is 9.07. The first-order valence-electron chi connectivity index (χ1n) is 12.9. The van der Waals surface area contributed by atoms with Crippen LogP contribution in [0.1, 0.15) is 27.5 Å². The number of furan rings is 1. The molecule has 9 heteroatoms. The summed E-state index contributed by atoms with van der Waals surface area (Å²) >= 11 is 1.37. The van der Waals surface area contributed by atoms with Crippen LogP contribution in [0.4, 0.5) is 0 Å². The number of methoxy groups -OCH3 is 1. The number of carbonyl (C=O) groups excluding carboxylic acids is 1. The normalized spacial score (nSPS) is 11.2. The summed E-state index contributed by atoms with van der Waals surface area (Å²) in [5.41, 5.74) is 5.12. The Hall–Kier alpha value is -5.15. The standard InChI is InChI=1S/C32H25N5O3S/c1-39-26-16-14-23(15-17-26)31(38)35-33-21-27-18-19-30(40-27)41-32-36-34-29(37(32)25-11-3-2-4-12-25)20-24-10-7-9-22-8-5-6-13-28(22)24/h2-19,21H,20H2,1H3,(H,35,38)/b33-21-. The van der Waals surface area contributed by atoms with Crippen molar-refractivity contribution in [3.8, 4) is 11.4 Å². The largest absolute Gasteiger partial charge is 0.497 e. The first-order valence-corrected chi connectivity index (χ1v) is 13.7. The lowest BCUT2D eigenvalue weighted by molar-refractivity contribution is 0.0955. The van der Waals surface area contributed by atoms with Crippen molar-refractivity contribution in [3.05, 3.63) is 132 Å². The third kappa shape index (κ3) is 5.90. The summed E-state index contributed by atoms with van der Waals surface area (Å²) in [5, 5.41) is 16.8. The fraction of sp³-hybridized carbons (Fsp3) is 0.0625. The maximum atomic E-state index is 12.3. The Kier molecular flexibility index (Phi) is 7.59. The van der Waals surface area contributed by atoms with Crippen molar-refractivity contribution in [2.45, 2.75) is 16.7 Å². The van der Waals surface area contributed by atoms with Crippen molar-refractivity contribution in [1.29, 1.82) is 0 Å². The molecule has 202 valence electrons. The number of fused-ring (bicyclic) bond motifs is 1. The van der Waals surface area contributed by atoms with Crippen LogP contribution in [0.3, 0.4) is 0 Å². The number of nitrogens with zero attached hydrogens (tertiary/aromatic N) is 4. The molecule has 0 bridgehead atoms. The van der Waals surface area contributed by atoms with Gasteiger partial charge in [-0.05, 0) is 76.6 Å². The predicted octanol–water partition coefficient (Wildman–Crippen LogP) is 6.53. The number of rotatable bonds is 9. The molecule has 6 aromatic rings. The molecule has 6 rings (SSSR count). The smallest absolute Gasteiger partial charge is 0.271 e. The van der Waals surface area contributed by atoms with Gasteiger partial charge in [0.15, 0.2) is 5.09 Å². The number of benzene rings is 4. The third-order valence-corrected chi connectivity index (χ3v) is 7.31. The highest BCUT2D eigenvalue weighted by Gasteiger charge is 2.18. The summed E-state index contributed by atoms with van der Waals surface area (Å²) < 4.78 is 13.1. The van der Waals surface area contributed by atoms with Gasteiger partial charge in [0.25, 0.3) is 5.91 Å². The van der Waals surface area contributed by atoms with Crippen molar-refractivity contribution in [2.75, 3.05) is 7.11 Å². The zero-order chi connectivity index (χ0) is 28.0. The molecule has 0 aliphatic rings. The van der Waals surface area contributed by atoms with Crippen LogP contribution in [0, 0.1) is 0 Å². The molecular weight excluding hydrogens is 534 g/mol. The molecule has 0 unspecified atom stereocenters. The van der Waals surface area contributed by atoms with Crippen molar-refractivity contribution >= 4 is 34.7 Å². The molecule has 41 heavy (non-hydrogen) atoms. The molecule has 0 radical (unpaired) electrons. The molecule has 1 N–H and O–H groups in total. The molecule has 0 saturated carbocycles. The van der Waals surface area contributed by atoms with Gasteiger partial charge in [-0.2, -0.15) is 5.10 Å². The van der Waals surface area contributed by atoms with E-state index in [9.17, 15) is 4.79 Å². The van der Waals surface area contributed by atoms with Crippen LogP contribution < -0.4 is 10.2 Å². The maximum Gasteiger partial charge on any atom is 0.271 e. The van der Waals surface area contributed by atoms with E-state index >= 15 is 0 Å². The Balaban J connectivity index is 1.21. The molecule has 0 spiro atoms. The average molecular weight is 560 g/mol. The summed E-state index contributed by atoms with van der Waals surface area (Å²) in [6.45, 7) is 0. The number of aromatic nitrogens is 3. The molecule has 1 amide bonds. The number of hydrogen-bond acceptors (Lipinski definition) is 7. The van der Waals surface area contributed by atoms with Crippen LogP contribution in [-0.4, -0.2) is 34.0 Å². The van der Waals surface area contributed by atoms with Crippen LogP contribution in [0.5, 0.6) is 5.75 Å². The Morgan fingerprint density at radius 3 is 2.54 bits per heavy atom. The van der Waals surface area contributed by atoms with Crippen LogP contribution in [0.25, 0.3) is 16.5 Å². The summed E-state index contributed by atoms with van der Waals surface area (Å²) in [7, 11) is 1.58. The molecule has 0 aliphatic heterocycles. The van der Waals surface area contributed by atoms with Gasteiger partial charge < -0.3 is 9.15 Å². The number of nitrogens with one attached hydrogen (secondary N) is 1. The minimum atomic E-state index is -0.334. The van der Waals surface area contributed by atoms with Crippen molar-refractivity contribution in [1.82, 2.24) is 20.2 Å². The van der Waals surface area contributed by atoms with E-state index in [1.165, 1.54) is 34.3 Å². The highest BCUT2D eigenvalue weighted by molar-refractivity contribution is 7.99. The van der Waals surface area contributed by atoms with E-state index in [-0.39, 0.29) is 5.91 Å². The van der Waals surface area contributed by atoms with E-state index in [4.69, 9.17) is 9.15 Å². The summed E-state index contributed by atoms with van der Waals surface area (Å²) in [6.07, 6.45) is 2.08. The lowest BCUT2D eigenvalue weighted by Gasteiger charge is -2.11. The molecule has 2 aromatic heterocycles. The van der Waals surface area contributed by atoms with Crippen molar-refractivity contribution in [3.63, 3.8) is 0 Å². The molecule has 0 saturated heterocycles. The number of para-hydroxylation sites is 1. The van der Waals surface area contributed by atoms with E-state index in [1.54, 1.807) is 37.4 Å². The van der Waals surface area contributed by atoms with Crippen LogP contribution in [0.2, 0.25) is 0 Å². The van der Waals surface area contributed by atoms with Gasteiger partial charge in [0.1, 0.15) is 17.3 Å². The Bertz CT molecular complexity index is 1820. The lowest BCUT2D eigenvalue weighted by atomic mass is 10.0. The molecule has 8 nitrogen and oxygen atoms in total. The highest BCUT2D eigenvalue weighted by atomic mass is 32.2. The zero-order valence-electron chi connectivity index (χ0n) is 22.1. The summed E-state index contributed by atoms with van der Waals surface area (Å²) in [5.74, 6) is 1.66. The van der Waals surface area contributed by atoms with Crippen molar-refractivity contribution < 1.29 is 13.9 Å². The number of amides is 1. The van der Waals surface area contributed by atoms with E-state index in [0.29, 0.717) is 33.7 Å². The first-order chi connectivity index (χ1) is 20.2. The third-order valence-electron chi connectivity index (χ3n) is 6.45. The molecule has 2 heterocycles. The van der Waals surface area contributed by atoms with Crippen LogP contribution >= 0.6 is 11.8 Å². The number of carbonyl (C=O) groups is 1. The van der Waals surface area contributed by atoms with Gasteiger partial charge in [-0.25, -0.2) is 5.43 Å². The van der Waals surface area contributed by atoms with Crippen LogP contribution in [-0.2, 0) is 6.42 Å².